The van der Waals surface area contributed by atoms with Gasteiger partial charge in [-0.2, -0.15) is 0 Å². The highest BCUT2D eigenvalue weighted by molar-refractivity contribution is 7.92. The molecular weight excluding hydrogens is 378 g/mol. The number of amides is 1. The molecule has 0 radical (unpaired) electrons. The summed E-state index contributed by atoms with van der Waals surface area (Å²) >= 11 is 0. The zero-order chi connectivity index (χ0) is 20.1. The summed E-state index contributed by atoms with van der Waals surface area (Å²) in [5.41, 5.74) is 2.21. The van der Waals surface area contributed by atoms with E-state index in [9.17, 15) is 13.2 Å². The first kappa shape index (κ1) is 20.2. The Balaban J connectivity index is 1.81. The van der Waals surface area contributed by atoms with Gasteiger partial charge in [0.15, 0.2) is 0 Å². The molecule has 1 fully saturated rings. The second kappa shape index (κ2) is 8.62. The van der Waals surface area contributed by atoms with Crippen LogP contribution in [0.15, 0.2) is 42.5 Å². The van der Waals surface area contributed by atoms with Crippen LogP contribution in [-0.2, 0) is 16.4 Å². The predicted octanol–water partition coefficient (Wildman–Crippen LogP) is 2.47. The quantitative estimate of drug-likeness (QED) is 0.660. The number of carbonyl (C=O) groups excluding carboxylic acids is 1. The fourth-order valence-corrected chi connectivity index (χ4v) is 3.93. The van der Waals surface area contributed by atoms with Crippen molar-refractivity contribution in [3.8, 4) is 5.75 Å². The number of hydrogen-bond acceptors (Lipinski definition) is 5. The minimum Gasteiger partial charge on any atom is -0.496 e. The molecule has 8 heteroatoms. The van der Waals surface area contributed by atoms with Crippen molar-refractivity contribution in [2.45, 2.75) is 12.8 Å². The molecule has 1 atom stereocenters. The normalized spacial score (nSPS) is 16.6. The molecule has 0 aliphatic carbocycles. The van der Waals surface area contributed by atoms with Crippen molar-refractivity contribution in [1.82, 2.24) is 5.32 Å². The van der Waals surface area contributed by atoms with E-state index < -0.39 is 10.0 Å². The summed E-state index contributed by atoms with van der Waals surface area (Å²) in [6.45, 7) is 1.97. The highest BCUT2D eigenvalue weighted by Gasteiger charge is 2.19. The SMILES string of the molecule is COc1ccc(C(=O)Nc2ccccc2NS(C)(=O)=O)cc1CC1CCNC1. The standard InChI is InChI=1S/C20H25N3O4S/c1-27-19-8-7-15(12-16(19)11-14-9-10-21-13-14)20(24)22-17-5-3-4-6-18(17)23-28(2,25)26/h3-8,12,14,21,23H,9-11,13H2,1-2H3,(H,22,24). The molecule has 3 N–H and O–H groups in total. The van der Waals surface area contributed by atoms with Gasteiger partial charge in [0.05, 0.1) is 24.7 Å². The maximum Gasteiger partial charge on any atom is 0.255 e. The molecule has 1 amide bonds. The van der Waals surface area contributed by atoms with Crippen LogP contribution < -0.4 is 20.1 Å². The average Bonchev–Trinajstić information content (AvgIpc) is 3.15. The zero-order valence-electron chi connectivity index (χ0n) is 16.0. The van der Waals surface area contributed by atoms with E-state index in [0.29, 0.717) is 22.9 Å². The van der Waals surface area contributed by atoms with E-state index in [1.54, 1.807) is 43.5 Å². The number of methoxy groups -OCH3 is 1. The second-order valence-corrected chi connectivity index (χ2v) is 8.71. The van der Waals surface area contributed by atoms with Gasteiger partial charge in [0.2, 0.25) is 10.0 Å². The molecule has 1 aliphatic heterocycles. The number of anilines is 2. The molecule has 1 aliphatic rings. The van der Waals surface area contributed by atoms with Crippen LogP contribution in [0.3, 0.4) is 0 Å². The Hall–Kier alpha value is -2.58. The third kappa shape index (κ3) is 5.24. The summed E-state index contributed by atoms with van der Waals surface area (Å²) in [4.78, 5) is 12.8. The lowest BCUT2D eigenvalue weighted by Crippen LogP contribution is -2.16. The maximum absolute atomic E-state index is 12.8. The Labute approximate surface area is 165 Å². The van der Waals surface area contributed by atoms with Gasteiger partial charge in [-0.3, -0.25) is 9.52 Å². The van der Waals surface area contributed by atoms with Gasteiger partial charge in [-0.15, -0.1) is 0 Å². The Morgan fingerprint density at radius 2 is 1.96 bits per heavy atom. The van der Waals surface area contributed by atoms with Crippen LogP contribution in [0.25, 0.3) is 0 Å². The van der Waals surface area contributed by atoms with Crippen LogP contribution in [0.2, 0.25) is 0 Å². The van der Waals surface area contributed by atoms with Crippen LogP contribution >= 0.6 is 0 Å². The topological polar surface area (TPSA) is 96.5 Å². The monoisotopic (exact) mass is 403 g/mol. The number of carbonyl (C=O) groups is 1. The molecule has 1 unspecified atom stereocenters. The Morgan fingerprint density at radius 1 is 1.21 bits per heavy atom. The van der Waals surface area contributed by atoms with Crippen LogP contribution in [0, 0.1) is 5.92 Å². The first-order valence-electron chi connectivity index (χ1n) is 9.11. The summed E-state index contributed by atoms with van der Waals surface area (Å²) < 4.78 is 31.0. The highest BCUT2D eigenvalue weighted by Crippen LogP contribution is 2.27. The van der Waals surface area contributed by atoms with E-state index in [-0.39, 0.29) is 5.91 Å². The van der Waals surface area contributed by atoms with Crippen molar-refractivity contribution in [2.75, 3.05) is 36.5 Å². The molecule has 2 aromatic rings. The van der Waals surface area contributed by atoms with Crippen LogP contribution in [0.1, 0.15) is 22.3 Å². The van der Waals surface area contributed by atoms with Gasteiger partial charge >= 0.3 is 0 Å². The summed E-state index contributed by atoms with van der Waals surface area (Å²) in [5.74, 6) is 0.977. The smallest absolute Gasteiger partial charge is 0.255 e. The summed E-state index contributed by atoms with van der Waals surface area (Å²) in [5, 5.41) is 6.14. The van der Waals surface area contributed by atoms with Crippen LogP contribution in [0.5, 0.6) is 5.75 Å². The largest absolute Gasteiger partial charge is 0.496 e. The van der Waals surface area contributed by atoms with Crippen LogP contribution in [0.4, 0.5) is 11.4 Å². The number of rotatable bonds is 7. The van der Waals surface area contributed by atoms with Crippen molar-refractivity contribution < 1.29 is 17.9 Å². The van der Waals surface area contributed by atoms with E-state index in [0.717, 1.165) is 43.5 Å². The van der Waals surface area contributed by atoms with Gasteiger partial charge in [0.25, 0.3) is 5.91 Å². The van der Waals surface area contributed by atoms with Crippen molar-refractivity contribution in [3.05, 3.63) is 53.6 Å². The maximum atomic E-state index is 12.8. The number of benzene rings is 2. The average molecular weight is 404 g/mol. The fraction of sp³-hybridized carbons (Fsp3) is 0.350. The molecule has 0 saturated carbocycles. The second-order valence-electron chi connectivity index (χ2n) is 6.96. The molecule has 7 nitrogen and oxygen atoms in total. The molecule has 0 bridgehead atoms. The lowest BCUT2D eigenvalue weighted by molar-refractivity contribution is 0.102. The number of ether oxygens (including phenoxy) is 1. The Kier molecular flexibility index (Phi) is 6.21. The number of para-hydroxylation sites is 2. The Bertz CT molecular complexity index is 954. The molecule has 1 heterocycles. The first-order valence-corrected chi connectivity index (χ1v) is 11.0. The van der Waals surface area contributed by atoms with Crippen molar-refractivity contribution in [1.29, 1.82) is 0 Å². The van der Waals surface area contributed by atoms with E-state index in [1.165, 1.54) is 0 Å². The van der Waals surface area contributed by atoms with Gasteiger partial charge in [0.1, 0.15) is 5.75 Å². The molecule has 0 spiro atoms. The van der Waals surface area contributed by atoms with E-state index >= 15 is 0 Å². The van der Waals surface area contributed by atoms with Crippen molar-refractivity contribution in [2.24, 2.45) is 5.92 Å². The van der Waals surface area contributed by atoms with Gasteiger partial charge < -0.3 is 15.4 Å². The molecule has 0 aromatic heterocycles. The third-order valence-electron chi connectivity index (χ3n) is 4.68. The lowest BCUT2D eigenvalue weighted by Gasteiger charge is -2.15. The molecule has 3 rings (SSSR count). The third-order valence-corrected chi connectivity index (χ3v) is 5.27. The fourth-order valence-electron chi connectivity index (χ4n) is 3.35. The number of hydrogen-bond donors (Lipinski definition) is 3. The van der Waals surface area contributed by atoms with E-state index in [4.69, 9.17) is 4.74 Å². The minimum absolute atomic E-state index is 0.309. The number of nitrogens with one attached hydrogen (secondary N) is 3. The molecule has 28 heavy (non-hydrogen) atoms. The minimum atomic E-state index is -3.45. The summed E-state index contributed by atoms with van der Waals surface area (Å²) in [6.07, 6.45) is 3.01. The summed E-state index contributed by atoms with van der Waals surface area (Å²) in [6, 6.07) is 12.0. The molecule has 1 saturated heterocycles. The summed E-state index contributed by atoms with van der Waals surface area (Å²) in [7, 11) is -1.83. The first-order chi connectivity index (χ1) is 13.4. The number of sulfonamides is 1. The van der Waals surface area contributed by atoms with Crippen molar-refractivity contribution >= 4 is 27.3 Å². The van der Waals surface area contributed by atoms with Crippen molar-refractivity contribution in [3.63, 3.8) is 0 Å². The molecule has 2 aromatic carbocycles. The van der Waals surface area contributed by atoms with Gasteiger partial charge in [-0.1, -0.05) is 12.1 Å². The van der Waals surface area contributed by atoms with Gasteiger partial charge in [0, 0.05) is 5.56 Å². The van der Waals surface area contributed by atoms with E-state index in [1.807, 2.05) is 6.07 Å². The Morgan fingerprint density at radius 3 is 2.61 bits per heavy atom. The lowest BCUT2D eigenvalue weighted by atomic mass is 9.96. The van der Waals surface area contributed by atoms with Crippen LogP contribution in [-0.4, -0.2) is 40.8 Å². The molecular formula is C20H25N3O4S. The van der Waals surface area contributed by atoms with Gasteiger partial charge in [-0.25, -0.2) is 8.42 Å². The zero-order valence-corrected chi connectivity index (χ0v) is 16.8. The van der Waals surface area contributed by atoms with E-state index in [2.05, 4.69) is 15.4 Å². The highest BCUT2D eigenvalue weighted by atomic mass is 32.2. The van der Waals surface area contributed by atoms with Gasteiger partial charge in [-0.05, 0) is 67.7 Å². The predicted molar refractivity (Wildman–Crippen MR) is 111 cm³/mol. The molecule has 150 valence electrons.